The van der Waals surface area contributed by atoms with Gasteiger partial charge in [0.15, 0.2) is 0 Å². The van der Waals surface area contributed by atoms with Crippen molar-refractivity contribution in [1.29, 1.82) is 0 Å². The van der Waals surface area contributed by atoms with E-state index in [-0.39, 0.29) is 6.04 Å². The minimum Gasteiger partial charge on any atom is -0.307 e. The normalized spacial score (nSPS) is 20.0. The third kappa shape index (κ3) is 4.80. The molecule has 1 atom stereocenters. The molecule has 1 aromatic rings. The van der Waals surface area contributed by atoms with Crippen molar-refractivity contribution in [3.05, 3.63) is 35.9 Å². The molecule has 1 aromatic carbocycles. The number of benzene rings is 1. The molecule has 0 amide bonds. The van der Waals surface area contributed by atoms with Gasteiger partial charge in [-0.15, -0.1) is 0 Å². The summed E-state index contributed by atoms with van der Waals surface area (Å²) in [6.07, 6.45) is -3.17. The smallest absolute Gasteiger partial charge is 0.307 e. The average Bonchev–Trinajstić information content (AvgIpc) is 2.40. The van der Waals surface area contributed by atoms with Crippen LogP contribution in [0.4, 0.5) is 13.2 Å². The maximum Gasteiger partial charge on any atom is 0.390 e. The summed E-state index contributed by atoms with van der Waals surface area (Å²) < 4.78 is 38.3. The number of nitrogens with zero attached hydrogens (tertiary/aromatic N) is 1. The molecule has 1 heterocycles. The lowest BCUT2D eigenvalue weighted by Gasteiger charge is -2.33. The number of halogens is 3. The Morgan fingerprint density at radius 1 is 1.20 bits per heavy atom. The molecule has 112 valence electrons. The maximum atomic E-state index is 12.8. The van der Waals surface area contributed by atoms with Gasteiger partial charge in [0.2, 0.25) is 0 Å². The molecule has 0 aromatic heterocycles. The lowest BCUT2D eigenvalue weighted by atomic mass is 9.99. The van der Waals surface area contributed by atoms with Crippen LogP contribution in [-0.2, 0) is 0 Å². The fourth-order valence-corrected chi connectivity index (χ4v) is 2.65. The standard InChI is InChI=1S/C15H21F3N2/c1-20-9-7-13(8-10-20)19-14(11-15(16,17)18)12-5-3-2-4-6-12/h2-6,13-14,19H,7-11H2,1H3. The van der Waals surface area contributed by atoms with Crippen LogP contribution in [0.3, 0.4) is 0 Å². The monoisotopic (exact) mass is 286 g/mol. The minimum atomic E-state index is -4.15. The van der Waals surface area contributed by atoms with Gasteiger partial charge in [-0.25, -0.2) is 0 Å². The van der Waals surface area contributed by atoms with Gasteiger partial charge in [-0.05, 0) is 38.5 Å². The topological polar surface area (TPSA) is 15.3 Å². The van der Waals surface area contributed by atoms with Gasteiger partial charge in [-0.3, -0.25) is 0 Å². The van der Waals surface area contributed by atoms with Crippen LogP contribution in [0.5, 0.6) is 0 Å². The van der Waals surface area contributed by atoms with Gasteiger partial charge in [0.25, 0.3) is 0 Å². The Hall–Kier alpha value is -1.07. The van der Waals surface area contributed by atoms with E-state index in [0.717, 1.165) is 25.9 Å². The summed E-state index contributed by atoms with van der Waals surface area (Å²) in [5.74, 6) is 0. The minimum absolute atomic E-state index is 0.166. The van der Waals surface area contributed by atoms with Crippen molar-refractivity contribution in [3.8, 4) is 0 Å². The highest BCUT2D eigenvalue weighted by Crippen LogP contribution is 2.30. The molecule has 1 saturated heterocycles. The highest BCUT2D eigenvalue weighted by molar-refractivity contribution is 5.19. The van der Waals surface area contributed by atoms with E-state index in [4.69, 9.17) is 0 Å². The second-order valence-electron chi connectivity index (χ2n) is 5.53. The van der Waals surface area contributed by atoms with Crippen LogP contribution < -0.4 is 5.32 Å². The summed E-state index contributed by atoms with van der Waals surface area (Å²) in [6, 6.07) is 8.44. The molecule has 1 aliphatic heterocycles. The van der Waals surface area contributed by atoms with Crippen LogP contribution >= 0.6 is 0 Å². The lowest BCUT2D eigenvalue weighted by Crippen LogP contribution is -2.43. The largest absolute Gasteiger partial charge is 0.390 e. The van der Waals surface area contributed by atoms with Gasteiger partial charge >= 0.3 is 6.18 Å². The van der Waals surface area contributed by atoms with Crippen molar-refractivity contribution in [2.75, 3.05) is 20.1 Å². The molecule has 1 N–H and O–H groups in total. The highest BCUT2D eigenvalue weighted by Gasteiger charge is 2.33. The quantitative estimate of drug-likeness (QED) is 0.913. The molecule has 2 nitrogen and oxygen atoms in total. The number of piperidine rings is 1. The first-order chi connectivity index (χ1) is 9.44. The van der Waals surface area contributed by atoms with E-state index in [9.17, 15) is 13.2 Å². The molecule has 5 heteroatoms. The van der Waals surface area contributed by atoms with E-state index in [0.29, 0.717) is 5.56 Å². The molecule has 1 unspecified atom stereocenters. The Bertz CT molecular complexity index is 397. The van der Waals surface area contributed by atoms with Crippen LogP contribution in [0.2, 0.25) is 0 Å². The first-order valence-corrected chi connectivity index (χ1v) is 7.00. The molecule has 1 fully saturated rings. The zero-order valence-electron chi connectivity index (χ0n) is 11.7. The van der Waals surface area contributed by atoms with Gasteiger partial charge in [-0.2, -0.15) is 13.2 Å². The Balaban J connectivity index is 2.03. The predicted octanol–water partition coefficient (Wildman–Crippen LogP) is 3.36. The summed E-state index contributed by atoms with van der Waals surface area (Å²) in [5, 5.41) is 3.20. The van der Waals surface area contributed by atoms with Crippen molar-refractivity contribution >= 4 is 0 Å². The van der Waals surface area contributed by atoms with Crippen LogP contribution in [0.25, 0.3) is 0 Å². The van der Waals surface area contributed by atoms with Gasteiger partial charge in [0.05, 0.1) is 6.42 Å². The van der Waals surface area contributed by atoms with Gasteiger partial charge in [-0.1, -0.05) is 30.3 Å². The van der Waals surface area contributed by atoms with Crippen LogP contribution in [-0.4, -0.2) is 37.3 Å². The van der Waals surface area contributed by atoms with Crippen molar-refractivity contribution in [3.63, 3.8) is 0 Å². The van der Waals surface area contributed by atoms with Crippen LogP contribution in [0, 0.1) is 0 Å². The van der Waals surface area contributed by atoms with Crippen molar-refractivity contribution in [2.24, 2.45) is 0 Å². The molecule has 0 saturated carbocycles. The molecular formula is C15H21F3N2. The summed E-state index contributed by atoms with van der Waals surface area (Å²) in [4.78, 5) is 2.21. The highest BCUT2D eigenvalue weighted by atomic mass is 19.4. The third-order valence-electron chi connectivity index (χ3n) is 3.79. The number of hydrogen-bond acceptors (Lipinski definition) is 2. The fourth-order valence-electron chi connectivity index (χ4n) is 2.65. The van der Waals surface area contributed by atoms with Gasteiger partial charge in [0.1, 0.15) is 0 Å². The van der Waals surface area contributed by atoms with E-state index in [1.54, 1.807) is 24.3 Å². The molecule has 2 rings (SSSR count). The maximum absolute atomic E-state index is 12.8. The summed E-state index contributed by atoms with van der Waals surface area (Å²) in [5.41, 5.74) is 0.712. The number of rotatable bonds is 4. The first-order valence-electron chi connectivity index (χ1n) is 7.00. The first kappa shape index (κ1) is 15.3. The molecule has 1 aliphatic rings. The lowest BCUT2D eigenvalue weighted by molar-refractivity contribution is -0.141. The predicted molar refractivity (Wildman–Crippen MR) is 73.5 cm³/mol. The number of hydrogen-bond donors (Lipinski definition) is 1. The number of likely N-dealkylation sites (tertiary alicyclic amines) is 1. The zero-order chi connectivity index (χ0) is 14.6. The molecule has 0 spiro atoms. The molecule has 20 heavy (non-hydrogen) atoms. The van der Waals surface area contributed by atoms with E-state index in [1.807, 2.05) is 13.1 Å². The van der Waals surface area contributed by atoms with Crippen LogP contribution in [0.1, 0.15) is 30.9 Å². The van der Waals surface area contributed by atoms with Gasteiger partial charge < -0.3 is 10.2 Å². The molecular weight excluding hydrogens is 265 g/mol. The average molecular weight is 286 g/mol. The SMILES string of the molecule is CN1CCC(NC(CC(F)(F)F)c2ccccc2)CC1. The molecule has 0 aliphatic carbocycles. The van der Waals surface area contributed by atoms with E-state index < -0.39 is 18.6 Å². The molecule has 0 bridgehead atoms. The summed E-state index contributed by atoms with van der Waals surface area (Å²) in [7, 11) is 2.04. The van der Waals surface area contributed by atoms with Gasteiger partial charge in [0, 0.05) is 12.1 Å². The second-order valence-corrected chi connectivity index (χ2v) is 5.53. The van der Waals surface area contributed by atoms with Crippen molar-refractivity contribution < 1.29 is 13.2 Å². The van der Waals surface area contributed by atoms with E-state index >= 15 is 0 Å². The van der Waals surface area contributed by atoms with E-state index in [2.05, 4.69) is 10.2 Å². The van der Waals surface area contributed by atoms with Crippen molar-refractivity contribution in [2.45, 2.75) is 37.5 Å². The second kappa shape index (κ2) is 6.59. The van der Waals surface area contributed by atoms with E-state index in [1.165, 1.54) is 0 Å². The Labute approximate surface area is 118 Å². The fraction of sp³-hybridized carbons (Fsp3) is 0.600. The van der Waals surface area contributed by atoms with Crippen molar-refractivity contribution in [1.82, 2.24) is 10.2 Å². The summed E-state index contributed by atoms with van der Waals surface area (Å²) in [6.45, 7) is 1.87. The zero-order valence-corrected chi connectivity index (χ0v) is 11.7. The number of nitrogens with one attached hydrogen (secondary N) is 1. The Kier molecular flexibility index (Phi) is 5.05. The van der Waals surface area contributed by atoms with Crippen LogP contribution in [0.15, 0.2) is 30.3 Å². The molecule has 0 radical (unpaired) electrons. The Morgan fingerprint density at radius 2 is 1.80 bits per heavy atom. The Morgan fingerprint density at radius 3 is 2.35 bits per heavy atom. The third-order valence-corrected chi connectivity index (χ3v) is 3.79. The summed E-state index contributed by atoms with van der Waals surface area (Å²) >= 11 is 0. The number of alkyl halides is 3.